The van der Waals surface area contributed by atoms with Crippen LogP contribution in [0.4, 0.5) is 17.2 Å². The molecule has 1 aromatic heterocycles. The standard InChI is InChI=1S/C13H11ClN4O3/c1-15-11-7-6-10(14)12(17-11)13(19)16-8-2-4-9(5-3-8)18(20)21/h2-7H,1H3,(H,15,17)(H,16,19). The number of nitrogens with zero attached hydrogens (tertiary/aromatic N) is 2. The number of nitro benzene ring substituents is 1. The number of nitrogens with one attached hydrogen (secondary N) is 2. The highest BCUT2D eigenvalue weighted by Crippen LogP contribution is 2.20. The van der Waals surface area contributed by atoms with Crippen LogP contribution in [0.5, 0.6) is 0 Å². The second-order valence-electron chi connectivity index (χ2n) is 4.04. The van der Waals surface area contributed by atoms with Gasteiger partial charge in [0.1, 0.15) is 11.5 Å². The van der Waals surface area contributed by atoms with Gasteiger partial charge in [-0.05, 0) is 24.3 Å². The Morgan fingerprint density at radius 2 is 1.90 bits per heavy atom. The molecule has 0 fully saturated rings. The second kappa shape index (κ2) is 6.19. The van der Waals surface area contributed by atoms with Crippen LogP contribution in [0.15, 0.2) is 36.4 Å². The van der Waals surface area contributed by atoms with Crippen molar-refractivity contribution >= 4 is 34.7 Å². The molecule has 1 heterocycles. The lowest BCUT2D eigenvalue weighted by Crippen LogP contribution is -2.15. The van der Waals surface area contributed by atoms with Gasteiger partial charge in [0, 0.05) is 24.9 Å². The van der Waals surface area contributed by atoms with Crippen molar-refractivity contribution in [1.29, 1.82) is 0 Å². The molecule has 0 aliphatic rings. The topological polar surface area (TPSA) is 97.2 Å². The van der Waals surface area contributed by atoms with Gasteiger partial charge in [0.25, 0.3) is 11.6 Å². The third-order valence-electron chi connectivity index (χ3n) is 2.65. The summed E-state index contributed by atoms with van der Waals surface area (Å²) in [6.07, 6.45) is 0. The molecule has 0 unspecified atom stereocenters. The van der Waals surface area contributed by atoms with Crippen LogP contribution in [0.2, 0.25) is 5.02 Å². The Labute approximate surface area is 125 Å². The molecule has 0 saturated carbocycles. The molecule has 21 heavy (non-hydrogen) atoms. The van der Waals surface area contributed by atoms with E-state index in [0.29, 0.717) is 11.5 Å². The average Bonchev–Trinajstić information content (AvgIpc) is 2.48. The first kappa shape index (κ1) is 14.7. The van der Waals surface area contributed by atoms with E-state index in [1.165, 1.54) is 24.3 Å². The first-order valence-corrected chi connectivity index (χ1v) is 6.29. The predicted octanol–water partition coefficient (Wildman–Crippen LogP) is 2.94. The number of benzene rings is 1. The fraction of sp³-hybridized carbons (Fsp3) is 0.0769. The molecule has 0 radical (unpaired) electrons. The van der Waals surface area contributed by atoms with Crippen molar-refractivity contribution in [2.75, 3.05) is 17.7 Å². The van der Waals surface area contributed by atoms with E-state index < -0.39 is 10.8 Å². The molecule has 0 aliphatic heterocycles. The van der Waals surface area contributed by atoms with Crippen molar-refractivity contribution < 1.29 is 9.72 Å². The zero-order valence-electron chi connectivity index (χ0n) is 11.0. The van der Waals surface area contributed by atoms with Crippen LogP contribution in [0.25, 0.3) is 0 Å². The van der Waals surface area contributed by atoms with E-state index in [9.17, 15) is 14.9 Å². The first-order chi connectivity index (χ1) is 10.0. The van der Waals surface area contributed by atoms with Crippen LogP contribution in [0, 0.1) is 10.1 Å². The molecule has 1 aromatic carbocycles. The number of anilines is 2. The maximum absolute atomic E-state index is 12.1. The van der Waals surface area contributed by atoms with Gasteiger partial charge in [0.15, 0.2) is 0 Å². The summed E-state index contributed by atoms with van der Waals surface area (Å²) in [6, 6.07) is 8.68. The number of carbonyl (C=O) groups excluding carboxylic acids is 1. The lowest BCUT2D eigenvalue weighted by molar-refractivity contribution is -0.384. The summed E-state index contributed by atoms with van der Waals surface area (Å²) in [6.45, 7) is 0. The Bertz CT molecular complexity index is 688. The number of halogens is 1. The fourth-order valence-corrected chi connectivity index (χ4v) is 1.79. The van der Waals surface area contributed by atoms with Crippen LogP contribution in [0.3, 0.4) is 0 Å². The zero-order valence-corrected chi connectivity index (χ0v) is 11.7. The van der Waals surface area contributed by atoms with Gasteiger partial charge in [-0.15, -0.1) is 0 Å². The number of hydrogen-bond donors (Lipinski definition) is 2. The van der Waals surface area contributed by atoms with Crippen LogP contribution >= 0.6 is 11.6 Å². The Morgan fingerprint density at radius 3 is 2.48 bits per heavy atom. The third-order valence-corrected chi connectivity index (χ3v) is 2.96. The summed E-state index contributed by atoms with van der Waals surface area (Å²) in [4.78, 5) is 26.2. The van der Waals surface area contributed by atoms with E-state index in [0.717, 1.165) is 0 Å². The van der Waals surface area contributed by atoms with Gasteiger partial charge >= 0.3 is 0 Å². The minimum Gasteiger partial charge on any atom is -0.373 e. The lowest BCUT2D eigenvalue weighted by Gasteiger charge is -2.07. The maximum Gasteiger partial charge on any atom is 0.275 e. The van der Waals surface area contributed by atoms with E-state index >= 15 is 0 Å². The Hall–Kier alpha value is -2.67. The highest BCUT2D eigenvalue weighted by molar-refractivity contribution is 6.34. The van der Waals surface area contributed by atoms with Gasteiger partial charge in [-0.2, -0.15) is 0 Å². The van der Waals surface area contributed by atoms with Crippen molar-refractivity contribution in [3.63, 3.8) is 0 Å². The normalized spacial score (nSPS) is 10.0. The largest absolute Gasteiger partial charge is 0.373 e. The van der Waals surface area contributed by atoms with Gasteiger partial charge in [-0.1, -0.05) is 11.6 Å². The molecular weight excluding hydrogens is 296 g/mol. The quantitative estimate of drug-likeness (QED) is 0.668. The molecule has 0 saturated heterocycles. The number of nitro groups is 1. The van der Waals surface area contributed by atoms with Crippen LogP contribution in [-0.2, 0) is 0 Å². The molecule has 7 nitrogen and oxygen atoms in total. The summed E-state index contributed by atoms with van der Waals surface area (Å²) < 4.78 is 0. The number of hydrogen-bond acceptors (Lipinski definition) is 5. The number of aromatic nitrogens is 1. The molecule has 1 amide bonds. The molecule has 2 rings (SSSR count). The van der Waals surface area contributed by atoms with Gasteiger partial charge in [-0.3, -0.25) is 14.9 Å². The van der Waals surface area contributed by atoms with Crippen LogP contribution < -0.4 is 10.6 Å². The minimum atomic E-state index is -0.513. The molecule has 0 spiro atoms. The predicted molar refractivity (Wildman–Crippen MR) is 79.8 cm³/mol. The summed E-state index contributed by atoms with van der Waals surface area (Å²) in [5.41, 5.74) is 0.432. The van der Waals surface area contributed by atoms with Gasteiger partial charge in [-0.25, -0.2) is 4.98 Å². The Balaban J connectivity index is 2.19. The van der Waals surface area contributed by atoms with Crippen molar-refractivity contribution in [3.8, 4) is 0 Å². The van der Waals surface area contributed by atoms with E-state index in [1.54, 1.807) is 19.2 Å². The average molecular weight is 307 g/mol. The second-order valence-corrected chi connectivity index (χ2v) is 4.44. The number of carbonyl (C=O) groups is 1. The molecular formula is C13H11ClN4O3. The third kappa shape index (κ3) is 3.46. The van der Waals surface area contributed by atoms with Gasteiger partial charge < -0.3 is 10.6 Å². The number of amides is 1. The Morgan fingerprint density at radius 1 is 1.24 bits per heavy atom. The molecule has 8 heteroatoms. The Kier molecular flexibility index (Phi) is 4.34. The monoisotopic (exact) mass is 306 g/mol. The molecule has 0 atom stereocenters. The molecule has 2 aromatic rings. The SMILES string of the molecule is CNc1ccc(Cl)c(C(=O)Nc2ccc([N+](=O)[O-])cc2)n1. The minimum absolute atomic E-state index is 0.0543. The number of non-ortho nitro benzene ring substituents is 1. The van der Waals surface area contributed by atoms with E-state index in [1.807, 2.05) is 0 Å². The molecule has 108 valence electrons. The molecule has 0 bridgehead atoms. The number of rotatable bonds is 4. The van der Waals surface area contributed by atoms with E-state index in [4.69, 9.17) is 11.6 Å². The summed E-state index contributed by atoms with van der Waals surface area (Å²) in [5.74, 6) is 0.0132. The fourth-order valence-electron chi connectivity index (χ4n) is 1.60. The van der Waals surface area contributed by atoms with E-state index in [-0.39, 0.29) is 16.4 Å². The first-order valence-electron chi connectivity index (χ1n) is 5.91. The van der Waals surface area contributed by atoms with Gasteiger partial charge in [0.05, 0.1) is 9.95 Å². The van der Waals surface area contributed by atoms with Crippen molar-refractivity contribution in [3.05, 3.63) is 57.2 Å². The highest BCUT2D eigenvalue weighted by atomic mass is 35.5. The van der Waals surface area contributed by atoms with Crippen LogP contribution in [-0.4, -0.2) is 22.9 Å². The van der Waals surface area contributed by atoms with E-state index in [2.05, 4.69) is 15.6 Å². The number of pyridine rings is 1. The summed E-state index contributed by atoms with van der Waals surface area (Å²) in [7, 11) is 1.67. The summed E-state index contributed by atoms with van der Waals surface area (Å²) >= 11 is 5.94. The summed E-state index contributed by atoms with van der Waals surface area (Å²) in [5, 5.41) is 16.2. The maximum atomic E-state index is 12.1. The van der Waals surface area contributed by atoms with Gasteiger partial charge in [0.2, 0.25) is 0 Å². The smallest absolute Gasteiger partial charge is 0.275 e. The highest BCUT2D eigenvalue weighted by Gasteiger charge is 2.14. The van der Waals surface area contributed by atoms with Crippen molar-refractivity contribution in [2.45, 2.75) is 0 Å². The van der Waals surface area contributed by atoms with Crippen LogP contribution in [0.1, 0.15) is 10.5 Å². The van der Waals surface area contributed by atoms with Crippen molar-refractivity contribution in [2.24, 2.45) is 0 Å². The molecule has 0 aliphatic carbocycles. The zero-order chi connectivity index (χ0) is 15.4. The van der Waals surface area contributed by atoms with Crippen molar-refractivity contribution in [1.82, 2.24) is 4.98 Å². The molecule has 2 N–H and O–H groups in total. The lowest BCUT2D eigenvalue weighted by atomic mass is 10.2.